The van der Waals surface area contributed by atoms with Crippen LogP contribution < -0.4 is 5.43 Å². The minimum absolute atomic E-state index is 0.719. The van der Waals surface area contributed by atoms with Gasteiger partial charge >= 0.3 is 0 Å². The molecule has 1 aromatic carbocycles. The van der Waals surface area contributed by atoms with E-state index in [1.54, 1.807) is 12.1 Å². The van der Waals surface area contributed by atoms with Crippen LogP contribution in [0.1, 0.15) is 11.1 Å². The lowest BCUT2D eigenvalue weighted by Gasteiger charge is -2.24. The van der Waals surface area contributed by atoms with E-state index in [9.17, 15) is 20.1 Å². The number of hydrazone groups is 1. The zero-order valence-corrected chi connectivity index (χ0v) is 12.0. The van der Waals surface area contributed by atoms with Crippen molar-refractivity contribution in [1.82, 2.24) is 5.43 Å². The highest BCUT2D eigenvalue weighted by atomic mass is 16.4. The van der Waals surface area contributed by atoms with Gasteiger partial charge in [-0.05, 0) is 12.5 Å². The summed E-state index contributed by atoms with van der Waals surface area (Å²) in [7, 11) is 0. The van der Waals surface area contributed by atoms with Gasteiger partial charge in [0.15, 0.2) is 6.10 Å². The summed E-state index contributed by atoms with van der Waals surface area (Å²) in [6.45, 7) is 1.10. The van der Waals surface area contributed by atoms with E-state index in [4.69, 9.17) is 10.2 Å². The SMILES string of the molecule is Cc1ccc(C=NNC(=O)C(O)C(O)C(O)C(O)CO)cc1. The first kappa shape index (κ1) is 18.2. The zero-order valence-electron chi connectivity index (χ0n) is 12.0. The maximum Gasteiger partial charge on any atom is 0.271 e. The van der Waals surface area contributed by atoms with E-state index in [2.05, 4.69) is 5.10 Å². The number of carbonyl (C=O) groups excluding carboxylic acids is 1. The highest BCUT2D eigenvalue weighted by Gasteiger charge is 2.34. The summed E-state index contributed by atoms with van der Waals surface area (Å²) < 4.78 is 0. The Morgan fingerprint density at radius 1 is 1.18 bits per heavy atom. The molecule has 0 aliphatic rings. The minimum atomic E-state index is -2.01. The van der Waals surface area contributed by atoms with Crippen LogP contribution in [0.15, 0.2) is 29.4 Å². The molecule has 0 aliphatic carbocycles. The van der Waals surface area contributed by atoms with Gasteiger partial charge in [0.2, 0.25) is 0 Å². The van der Waals surface area contributed by atoms with Gasteiger partial charge in [0, 0.05) is 0 Å². The van der Waals surface area contributed by atoms with E-state index in [1.807, 2.05) is 24.5 Å². The Labute approximate surface area is 127 Å². The van der Waals surface area contributed by atoms with Crippen LogP contribution in [0.3, 0.4) is 0 Å². The predicted molar refractivity (Wildman–Crippen MR) is 78.0 cm³/mol. The molecule has 22 heavy (non-hydrogen) atoms. The van der Waals surface area contributed by atoms with Gasteiger partial charge in [-0.25, -0.2) is 5.43 Å². The molecule has 4 atom stereocenters. The number of nitrogens with zero attached hydrogens (tertiary/aromatic N) is 1. The first-order chi connectivity index (χ1) is 10.4. The van der Waals surface area contributed by atoms with Gasteiger partial charge in [0.1, 0.15) is 18.3 Å². The lowest BCUT2D eigenvalue weighted by Crippen LogP contribution is -2.50. The topological polar surface area (TPSA) is 143 Å². The first-order valence-corrected chi connectivity index (χ1v) is 6.59. The lowest BCUT2D eigenvalue weighted by molar-refractivity contribution is -0.148. The summed E-state index contributed by atoms with van der Waals surface area (Å²) in [6, 6.07) is 7.26. The fourth-order valence-electron chi connectivity index (χ4n) is 1.57. The minimum Gasteiger partial charge on any atom is -0.394 e. The van der Waals surface area contributed by atoms with E-state index in [1.165, 1.54) is 6.21 Å². The number of aryl methyl sites for hydroxylation is 1. The maximum atomic E-state index is 11.6. The van der Waals surface area contributed by atoms with Gasteiger partial charge in [0.25, 0.3) is 5.91 Å². The Balaban J connectivity index is 2.55. The van der Waals surface area contributed by atoms with Gasteiger partial charge in [-0.2, -0.15) is 5.10 Å². The molecule has 0 saturated heterocycles. The maximum absolute atomic E-state index is 11.6. The average Bonchev–Trinajstić information content (AvgIpc) is 2.53. The van der Waals surface area contributed by atoms with Gasteiger partial charge < -0.3 is 25.5 Å². The lowest BCUT2D eigenvalue weighted by atomic mass is 10.0. The van der Waals surface area contributed by atoms with Gasteiger partial charge in [0.05, 0.1) is 12.8 Å². The molecule has 1 rings (SSSR count). The summed E-state index contributed by atoms with van der Waals surface area (Å²) in [6.07, 6.45) is -6.17. The summed E-state index contributed by atoms with van der Waals surface area (Å²) in [5.74, 6) is -1.06. The van der Waals surface area contributed by atoms with Gasteiger partial charge in [-0.1, -0.05) is 29.8 Å². The molecule has 0 aliphatic heterocycles. The molecule has 0 heterocycles. The second-order valence-electron chi connectivity index (χ2n) is 4.82. The fourth-order valence-corrected chi connectivity index (χ4v) is 1.57. The molecule has 122 valence electrons. The van der Waals surface area contributed by atoms with E-state index in [0.717, 1.165) is 11.1 Å². The molecule has 0 bridgehead atoms. The summed E-state index contributed by atoms with van der Waals surface area (Å²) >= 11 is 0. The average molecular weight is 312 g/mol. The Hall–Kier alpha value is -1.84. The molecular formula is C14H20N2O6. The van der Waals surface area contributed by atoms with Crippen molar-refractivity contribution >= 4 is 12.1 Å². The van der Waals surface area contributed by atoms with Crippen molar-refractivity contribution in [2.45, 2.75) is 31.3 Å². The van der Waals surface area contributed by atoms with Crippen LogP contribution in [0.2, 0.25) is 0 Å². The Morgan fingerprint density at radius 3 is 2.32 bits per heavy atom. The third-order valence-corrected chi connectivity index (χ3v) is 2.99. The third-order valence-electron chi connectivity index (χ3n) is 2.99. The molecule has 0 saturated carbocycles. The zero-order chi connectivity index (χ0) is 16.7. The van der Waals surface area contributed by atoms with E-state index in [-0.39, 0.29) is 0 Å². The van der Waals surface area contributed by atoms with Crippen molar-refractivity contribution in [2.24, 2.45) is 5.10 Å². The quantitative estimate of drug-likeness (QED) is 0.251. The van der Waals surface area contributed by atoms with E-state index < -0.39 is 36.9 Å². The number of rotatable bonds is 7. The number of aliphatic hydroxyl groups is 5. The van der Waals surface area contributed by atoms with Crippen molar-refractivity contribution < 1.29 is 30.3 Å². The van der Waals surface area contributed by atoms with Crippen molar-refractivity contribution in [3.63, 3.8) is 0 Å². The first-order valence-electron chi connectivity index (χ1n) is 6.59. The molecular weight excluding hydrogens is 292 g/mol. The monoisotopic (exact) mass is 312 g/mol. The standard InChI is InChI=1S/C14H20N2O6/c1-8-2-4-9(5-3-8)6-15-16-14(22)13(21)12(20)11(19)10(18)7-17/h2-6,10-13,17-21H,7H2,1H3,(H,16,22). The number of hydrogen-bond donors (Lipinski definition) is 6. The molecule has 1 aromatic rings. The van der Waals surface area contributed by atoms with Crippen LogP contribution in [0.25, 0.3) is 0 Å². The molecule has 0 aromatic heterocycles. The summed E-state index contributed by atoms with van der Waals surface area (Å²) in [5.41, 5.74) is 3.79. The van der Waals surface area contributed by atoms with Crippen LogP contribution >= 0.6 is 0 Å². The highest BCUT2D eigenvalue weighted by Crippen LogP contribution is 2.05. The molecule has 1 amide bonds. The van der Waals surface area contributed by atoms with Crippen LogP contribution in [0.5, 0.6) is 0 Å². The van der Waals surface area contributed by atoms with E-state index >= 15 is 0 Å². The van der Waals surface area contributed by atoms with Crippen LogP contribution in [0.4, 0.5) is 0 Å². The molecule has 8 heteroatoms. The molecule has 6 N–H and O–H groups in total. The number of nitrogens with one attached hydrogen (secondary N) is 1. The van der Waals surface area contributed by atoms with Crippen LogP contribution in [0, 0.1) is 6.92 Å². The number of hydrogen-bond acceptors (Lipinski definition) is 7. The van der Waals surface area contributed by atoms with Crippen LogP contribution in [-0.4, -0.2) is 68.7 Å². The number of amides is 1. The van der Waals surface area contributed by atoms with E-state index in [0.29, 0.717) is 0 Å². The van der Waals surface area contributed by atoms with Crippen molar-refractivity contribution in [2.75, 3.05) is 6.61 Å². The molecule has 4 unspecified atom stereocenters. The molecule has 0 radical (unpaired) electrons. The molecule has 8 nitrogen and oxygen atoms in total. The van der Waals surface area contributed by atoms with Crippen molar-refractivity contribution in [3.05, 3.63) is 35.4 Å². The summed E-state index contributed by atoms with van der Waals surface area (Å²) in [4.78, 5) is 11.6. The third kappa shape index (κ3) is 5.17. The Morgan fingerprint density at radius 2 is 1.77 bits per heavy atom. The fraction of sp³-hybridized carbons (Fsp3) is 0.429. The largest absolute Gasteiger partial charge is 0.394 e. The predicted octanol–water partition coefficient (Wildman–Crippen LogP) is -2.12. The molecule has 0 fully saturated rings. The Kier molecular flexibility index (Phi) is 7.09. The smallest absolute Gasteiger partial charge is 0.271 e. The van der Waals surface area contributed by atoms with Gasteiger partial charge in [-0.15, -0.1) is 0 Å². The van der Waals surface area contributed by atoms with Crippen molar-refractivity contribution in [3.8, 4) is 0 Å². The van der Waals surface area contributed by atoms with Crippen molar-refractivity contribution in [1.29, 1.82) is 0 Å². The second-order valence-corrected chi connectivity index (χ2v) is 4.82. The summed E-state index contributed by atoms with van der Waals surface area (Å²) in [5, 5.41) is 49.9. The number of aliphatic hydroxyl groups excluding tert-OH is 5. The normalized spacial score (nSPS) is 17.0. The van der Waals surface area contributed by atoms with Crippen LogP contribution in [-0.2, 0) is 4.79 Å². The molecule has 0 spiro atoms. The van der Waals surface area contributed by atoms with Gasteiger partial charge in [-0.3, -0.25) is 4.79 Å². The Bertz CT molecular complexity index is 505. The number of benzene rings is 1. The number of carbonyl (C=O) groups is 1. The highest BCUT2D eigenvalue weighted by molar-refractivity contribution is 5.84. The second kappa shape index (κ2) is 8.57.